The number of nitrogens with zero attached hydrogens (tertiary/aromatic N) is 1. The van der Waals surface area contributed by atoms with E-state index >= 15 is 0 Å². The molecular formula is C6H9NO. The number of fused-ring (bicyclic) bond motifs is 3. The van der Waals surface area contributed by atoms with Crippen LogP contribution in [-0.2, 0) is 4.84 Å². The Morgan fingerprint density at radius 3 is 2.25 bits per heavy atom. The van der Waals surface area contributed by atoms with Gasteiger partial charge in [-0.2, -0.15) is 0 Å². The van der Waals surface area contributed by atoms with Crippen molar-refractivity contribution in [1.82, 2.24) is 0 Å². The molecule has 0 aromatic carbocycles. The average Bonchev–Trinajstić information content (AvgIpc) is 1.92. The van der Waals surface area contributed by atoms with Crippen LogP contribution in [0.5, 0.6) is 0 Å². The Hall–Kier alpha value is -0.530. The molecule has 1 aliphatic carbocycles. The molecule has 0 saturated heterocycles. The molecule has 0 spiro atoms. The summed E-state index contributed by atoms with van der Waals surface area (Å²) in [5.74, 6) is 0. The van der Waals surface area contributed by atoms with Crippen molar-refractivity contribution in [2.45, 2.75) is 31.8 Å². The van der Waals surface area contributed by atoms with E-state index in [1.165, 1.54) is 31.4 Å². The van der Waals surface area contributed by atoms with Gasteiger partial charge in [0.2, 0.25) is 0 Å². The molecule has 0 aromatic heterocycles. The molecule has 1 fully saturated rings. The normalized spacial score (nSPS) is 27.2. The molecule has 2 heteroatoms. The first kappa shape index (κ1) is 4.36. The van der Waals surface area contributed by atoms with Crippen LogP contribution < -0.4 is 0 Å². The third-order valence-electron chi connectivity index (χ3n) is 1.84. The molecule has 0 N–H and O–H groups in total. The van der Waals surface area contributed by atoms with Crippen LogP contribution in [0, 0.1) is 0 Å². The van der Waals surface area contributed by atoms with E-state index in [4.69, 9.17) is 4.84 Å². The van der Waals surface area contributed by atoms with Crippen LogP contribution in [0.3, 0.4) is 0 Å². The van der Waals surface area contributed by atoms with Gasteiger partial charge in [-0.25, -0.2) is 0 Å². The van der Waals surface area contributed by atoms with Gasteiger partial charge >= 0.3 is 0 Å². The highest BCUT2D eigenvalue weighted by molar-refractivity contribution is 5.85. The van der Waals surface area contributed by atoms with Crippen molar-refractivity contribution in [3.63, 3.8) is 0 Å². The highest BCUT2D eigenvalue weighted by Gasteiger charge is 2.23. The van der Waals surface area contributed by atoms with Gasteiger partial charge in [0.25, 0.3) is 0 Å². The molecule has 3 rings (SSSR count). The Morgan fingerprint density at radius 2 is 2.12 bits per heavy atom. The Bertz CT molecular complexity index is 120. The lowest BCUT2D eigenvalue weighted by Gasteiger charge is -2.26. The zero-order chi connectivity index (χ0) is 5.40. The Labute approximate surface area is 48.5 Å². The number of oxime groups is 1. The standard InChI is InChI=1S/C6H9NO/c1-3-6-4-2-5(1)7-8-6/h6H,1-4H2. The summed E-state index contributed by atoms with van der Waals surface area (Å²) in [6, 6.07) is 0. The minimum Gasteiger partial charge on any atom is -0.393 e. The van der Waals surface area contributed by atoms with E-state index in [1.807, 2.05) is 0 Å². The smallest absolute Gasteiger partial charge is 0.128 e. The molecule has 0 atom stereocenters. The number of rotatable bonds is 0. The third-order valence-corrected chi connectivity index (χ3v) is 1.84. The van der Waals surface area contributed by atoms with E-state index in [0.717, 1.165) is 0 Å². The van der Waals surface area contributed by atoms with Crippen molar-refractivity contribution in [1.29, 1.82) is 0 Å². The fourth-order valence-corrected chi connectivity index (χ4v) is 1.27. The predicted octanol–water partition coefficient (Wildman–Crippen LogP) is 1.32. The van der Waals surface area contributed by atoms with Gasteiger partial charge in [0.05, 0.1) is 5.71 Å². The van der Waals surface area contributed by atoms with Gasteiger partial charge in [-0.3, -0.25) is 0 Å². The van der Waals surface area contributed by atoms with Crippen molar-refractivity contribution in [2.24, 2.45) is 5.16 Å². The van der Waals surface area contributed by atoms with Crippen LogP contribution in [0.15, 0.2) is 5.16 Å². The summed E-state index contributed by atoms with van der Waals surface area (Å²) in [7, 11) is 0. The molecule has 44 valence electrons. The minimum absolute atomic E-state index is 0.465. The maximum Gasteiger partial charge on any atom is 0.128 e. The monoisotopic (exact) mass is 111 g/mol. The molecule has 2 heterocycles. The summed E-state index contributed by atoms with van der Waals surface area (Å²) in [6.07, 6.45) is 5.25. The fraction of sp³-hybridized carbons (Fsp3) is 0.833. The fourth-order valence-electron chi connectivity index (χ4n) is 1.27. The largest absolute Gasteiger partial charge is 0.393 e. The number of hydrogen-bond acceptors (Lipinski definition) is 2. The Morgan fingerprint density at radius 1 is 1.38 bits per heavy atom. The van der Waals surface area contributed by atoms with Crippen molar-refractivity contribution in [2.75, 3.05) is 0 Å². The molecule has 2 bridgehead atoms. The van der Waals surface area contributed by atoms with Gasteiger partial charge in [0.15, 0.2) is 0 Å². The zero-order valence-corrected chi connectivity index (χ0v) is 4.76. The summed E-state index contributed by atoms with van der Waals surface area (Å²) in [4.78, 5) is 5.06. The van der Waals surface area contributed by atoms with Crippen LogP contribution in [0.4, 0.5) is 0 Å². The SMILES string of the molecule is C1CC2CCC1=NO2. The maximum absolute atomic E-state index is 5.06. The molecule has 1 saturated carbocycles. The lowest BCUT2D eigenvalue weighted by molar-refractivity contribution is 0.0247. The molecule has 2 nitrogen and oxygen atoms in total. The highest BCUT2D eigenvalue weighted by Crippen LogP contribution is 2.24. The second-order valence-electron chi connectivity index (χ2n) is 2.46. The van der Waals surface area contributed by atoms with E-state index < -0.39 is 0 Å². The van der Waals surface area contributed by atoms with Gasteiger partial charge in [-0.15, -0.1) is 0 Å². The summed E-state index contributed by atoms with van der Waals surface area (Å²) in [5.41, 5.74) is 1.27. The van der Waals surface area contributed by atoms with E-state index in [9.17, 15) is 0 Å². The lowest BCUT2D eigenvalue weighted by atomic mass is 9.95. The highest BCUT2D eigenvalue weighted by atomic mass is 16.6. The predicted molar refractivity (Wildman–Crippen MR) is 30.8 cm³/mol. The molecule has 3 aliphatic rings. The topological polar surface area (TPSA) is 21.6 Å². The zero-order valence-electron chi connectivity index (χ0n) is 4.76. The Kier molecular flexibility index (Phi) is 0.802. The molecule has 0 unspecified atom stereocenters. The van der Waals surface area contributed by atoms with Gasteiger partial charge in [0.1, 0.15) is 6.10 Å². The van der Waals surface area contributed by atoms with Crippen LogP contribution in [0.25, 0.3) is 0 Å². The first-order chi connectivity index (χ1) is 3.95. The van der Waals surface area contributed by atoms with E-state index in [-0.39, 0.29) is 0 Å². The summed E-state index contributed by atoms with van der Waals surface area (Å²) in [5, 5.41) is 3.91. The second kappa shape index (κ2) is 1.47. The summed E-state index contributed by atoms with van der Waals surface area (Å²) >= 11 is 0. The number of hydrogen-bond donors (Lipinski definition) is 0. The molecule has 8 heavy (non-hydrogen) atoms. The van der Waals surface area contributed by atoms with Crippen LogP contribution in [0.1, 0.15) is 25.7 Å². The van der Waals surface area contributed by atoms with Crippen LogP contribution in [0.2, 0.25) is 0 Å². The van der Waals surface area contributed by atoms with Gasteiger partial charge in [-0.05, 0) is 25.7 Å². The summed E-state index contributed by atoms with van der Waals surface area (Å²) in [6.45, 7) is 0. The molecule has 0 radical (unpaired) electrons. The minimum atomic E-state index is 0.465. The van der Waals surface area contributed by atoms with Gasteiger partial charge in [-0.1, -0.05) is 5.16 Å². The van der Waals surface area contributed by atoms with Gasteiger partial charge in [0, 0.05) is 0 Å². The maximum atomic E-state index is 5.06. The van der Waals surface area contributed by atoms with Crippen molar-refractivity contribution >= 4 is 5.71 Å². The first-order valence-electron chi connectivity index (χ1n) is 3.17. The van der Waals surface area contributed by atoms with E-state index in [0.29, 0.717) is 6.10 Å². The molecule has 0 amide bonds. The lowest BCUT2D eigenvalue weighted by Crippen LogP contribution is -2.25. The molecule has 0 aromatic rings. The van der Waals surface area contributed by atoms with E-state index in [1.54, 1.807) is 0 Å². The van der Waals surface area contributed by atoms with Crippen LogP contribution in [-0.4, -0.2) is 11.8 Å². The van der Waals surface area contributed by atoms with Crippen molar-refractivity contribution in [3.05, 3.63) is 0 Å². The quantitative estimate of drug-likeness (QED) is 0.462. The van der Waals surface area contributed by atoms with E-state index in [2.05, 4.69) is 5.16 Å². The Balaban J connectivity index is 2.22. The first-order valence-corrected chi connectivity index (χ1v) is 3.17. The van der Waals surface area contributed by atoms with Crippen LogP contribution >= 0.6 is 0 Å². The van der Waals surface area contributed by atoms with Crippen molar-refractivity contribution < 1.29 is 4.84 Å². The third kappa shape index (κ3) is 0.522. The average molecular weight is 111 g/mol. The second-order valence-corrected chi connectivity index (χ2v) is 2.46. The van der Waals surface area contributed by atoms with Crippen molar-refractivity contribution in [3.8, 4) is 0 Å². The van der Waals surface area contributed by atoms with Gasteiger partial charge < -0.3 is 4.84 Å². The molecular weight excluding hydrogens is 102 g/mol. The summed E-state index contributed by atoms with van der Waals surface area (Å²) < 4.78 is 0. The molecule has 2 aliphatic heterocycles.